The highest BCUT2D eigenvalue weighted by Crippen LogP contribution is 2.22. The molecule has 3 heteroatoms. The summed E-state index contributed by atoms with van der Waals surface area (Å²) < 4.78 is 1.98. The molecule has 3 nitrogen and oxygen atoms in total. The van der Waals surface area contributed by atoms with Gasteiger partial charge in [0.05, 0.1) is 6.04 Å². The third-order valence-corrected chi connectivity index (χ3v) is 3.67. The molecule has 0 bridgehead atoms. The average Bonchev–Trinajstić information content (AvgIpc) is 2.89. The van der Waals surface area contributed by atoms with Crippen LogP contribution < -0.4 is 0 Å². The summed E-state index contributed by atoms with van der Waals surface area (Å²) in [5.41, 5.74) is 2.94. The summed E-state index contributed by atoms with van der Waals surface area (Å²) in [6, 6.07) is 5.79. The summed E-state index contributed by atoms with van der Waals surface area (Å²) in [6.45, 7) is 10.1. The van der Waals surface area contributed by atoms with Gasteiger partial charge in [0.25, 0.3) is 0 Å². The Bertz CT molecular complexity index is 626. The lowest BCUT2D eigenvalue weighted by atomic mass is 9.98. The first kappa shape index (κ1) is 14.5. The van der Waals surface area contributed by atoms with E-state index in [-0.39, 0.29) is 11.8 Å². The van der Waals surface area contributed by atoms with Gasteiger partial charge in [-0.1, -0.05) is 31.5 Å². The molecule has 0 N–H and O–H groups in total. The van der Waals surface area contributed by atoms with Gasteiger partial charge in [-0.05, 0) is 32.4 Å². The van der Waals surface area contributed by atoms with Crippen molar-refractivity contribution in [2.24, 2.45) is 0 Å². The quantitative estimate of drug-likeness (QED) is 0.785. The van der Waals surface area contributed by atoms with E-state index in [2.05, 4.69) is 18.8 Å². The van der Waals surface area contributed by atoms with Crippen molar-refractivity contribution in [2.75, 3.05) is 0 Å². The number of aryl methyl sites for hydroxylation is 2. The summed E-state index contributed by atoms with van der Waals surface area (Å²) in [5.74, 6) is 1.40. The molecule has 0 radical (unpaired) electrons. The number of benzene rings is 1. The lowest BCUT2D eigenvalue weighted by Gasteiger charge is -2.18. The molecule has 0 amide bonds. The van der Waals surface area contributed by atoms with Crippen LogP contribution in [0.3, 0.4) is 0 Å². The Labute approximate surface area is 120 Å². The van der Waals surface area contributed by atoms with Crippen molar-refractivity contribution in [1.82, 2.24) is 9.55 Å². The molecule has 1 atom stereocenters. The fourth-order valence-electron chi connectivity index (χ4n) is 2.45. The number of carbonyl (C=O) groups excluding carboxylic acids is 1. The first-order chi connectivity index (χ1) is 9.41. The van der Waals surface area contributed by atoms with E-state index in [4.69, 9.17) is 0 Å². The zero-order chi connectivity index (χ0) is 14.9. The molecule has 0 aliphatic carbocycles. The van der Waals surface area contributed by atoms with Gasteiger partial charge in [-0.15, -0.1) is 0 Å². The van der Waals surface area contributed by atoms with Crippen LogP contribution in [0.2, 0.25) is 0 Å². The molecule has 0 aliphatic rings. The van der Waals surface area contributed by atoms with Crippen LogP contribution in [-0.2, 0) is 0 Å². The Morgan fingerprint density at radius 3 is 2.55 bits per heavy atom. The molecule has 1 heterocycles. The minimum atomic E-state index is -0.226. The SMILES string of the molecule is Cc1ccc(C)c(C(=O)C(C)n2ccnc2C(C)C)c1. The normalized spacial score (nSPS) is 12.7. The molecule has 0 saturated carbocycles. The number of imidazole rings is 1. The van der Waals surface area contributed by atoms with E-state index in [1.165, 1.54) is 0 Å². The van der Waals surface area contributed by atoms with Gasteiger partial charge in [-0.25, -0.2) is 4.98 Å². The molecule has 2 rings (SSSR count). The molecule has 106 valence electrons. The fraction of sp³-hybridized carbons (Fsp3) is 0.412. The number of hydrogen-bond acceptors (Lipinski definition) is 2. The van der Waals surface area contributed by atoms with Crippen LogP contribution in [0.5, 0.6) is 0 Å². The summed E-state index contributed by atoms with van der Waals surface area (Å²) in [5, 5.41) is 0. The average molecular weight is 270 g/mol. The minimum Gasteiger partial charge on any atom is -0.324 e. The molecule has 1 aromatic carbocycles. The number of rotatable bonds is 4. The van der Waals surface area contributed by atoms with Crippen molar-refractivity contribution in [3.8, 4) is 0 Å². The highest BCUT2D eigenvalue weighted by molar-refractivity contribution is 6.00. The van der Waals surface area contributed by atoms with Crippen LogP contribution in [0.25, 0.3) is 0 Å². The standard InChI is InChI=1S/C17H22N2O/c1-11(2)17-18-8-9-19(17)14(5)16(20)15-10-12(3)6-7-13(15)4/h6-11,14H,1-5H3. The van der Waals surface area contributed by atoms with Crippen LogP contribution in [0.1, 0.15) is 60.0 Å². The first-order valence-electron chi connectivity index (χ1n) is 7.06. The summed E-state index contributed by atoms with van der Waals surface area (Å²) in [6.07, 6.45) is 3.66. The Balaban J connectivity index is 2.37. The highest BCUT2D eigenvalue weighted by Gasteiger charge is 2.21. The Hall–Kier alpha value is -1.90. The molecule has 0 fully saturated rings. The van der Waals surface area contributed by atoms with E-state index in [0.717, 1.165) is 22.5 Å². The molecule has 2 aromatic rings. The van der Waals surface area contributed by atoms with Crippen molar-refractivity contribution in [2.45, 2.75) is 46.6 Å². The predicted molar refractivity (Wildman–Crippen MR) is 81.3 cm³/mol. The van der Waals surface area contributed by atoms with Crippen molar-refractivity contribution in [3.63, 3.8) is 0 Å². The largest absolute Gasteiger partial charge is 0.324 e. The van der Waals surface area contributed by atoms with Gasteiger partial charge in [-0.2, -0.15) is 0 Å². The van der Waals surface area contributed by atoms with Gasteiger partial charge >= 0.3 is 0 Å². The third-order valence-electron chi connectivity index (χ3n) is 3.67. The van der Waals surface area contributed by atoms with Gasteiger partial charge in [0, 0.05) is 23.9 Å². The lowest BCUT2D eigenvalue weighted by molar-refractivity contribution is 0.0932. The smallest absolute Gasteiger partial charge is 0.185 e. The maximum absolute atomic E-state index is 12.7. The molecule has 1 aromatic heterocycles. The maximum atomic E-state index is 12.7. The van der Waals surface area contributed by atoms with E-state index in [0.29, 0.717) is 5.92 Å². The number of nitrogens with zero attached hydrogens (tertiary/aromatic N) is 2. The summed E-state index contributed by atoms with van der Waals surface area (Å²) in [7, 11) is 0. The molecular weight excluding hydrogens is 248 g/mol. The van der Waals surface area contributed by atoms with Crippen LogP contribution >= 0.6 is 0 Å². The van der Waals surface area contributed by atoms with Crippen LogP contribution in [-0.4, -0.2) is 15.3 Å². The first-order valence-corrected chi connectivity index (χ1v) is 7.06. The number of Topliss-reactive ketones (excluding diaryl/α,β-unsaturated/α-hetero) is 1. The number of hydrogen-bond donors (Lipinski definition) is 0. The zero-order valence-corrected chi connectivity index (χ0v) is 12.8. The minimum absolute atomic E-state index is 0.145. The topological polar surface area (TPSA) is 34.9 Å². The second-order valence-corrected chi connectivity index (χ2v) is 5.71. The summed E-state index contributed by atoms with van der Waals surface area (Å²) in [4.78, 5) is 17.1. The predicted octanol–water partition coefficient (Wildman–Crippen LogP) is 4.07. The second kappa shape index (κ2) is 5.61. The fourth-order valence-corrected chi connectivity index (χ4v) is 2.45. The van der Waals surface area contributed by atoms with Crippen molar-refractivity contribution < 1.29 is 4.79 Å². The number of ketones is 1. The van der Waals surface area contributed by atoms with E-state index in [1.54, 1.807) is 6.20 Å². The second-order valence-electron chi connectivity index (χ2n) is 5.71. The van der Waals surface area contributed by atoms with Gasteiger partial charge in [0.2, 0.25) is 0 Å². The monoisotopic (exact) mass is 270 g/mol. The van der Waals surface area contributed by atoms with E-state index in [9.17, 15) is 4.79 Å². The Morgan fingerprint density at radius 2 is 1.90 bits per heavy atom. The van der Waals surface area contributed by atoms with Crippen LogP contribution in [0.15, 0.2) is 30.6 Å². The molecule has 0 aliphatic heterocycles. The molecular formula is C17H22N2O. The van der Waals surface area contributed by atoms with Crippen LogP contribution in [0.4, 0.5) is 0 Å². The molecule has 0 spiro atoms. The van der Waals surface area contributed by atoms with Crippen LogP contribution in [0, 0.1) is 13.8 Å². The lowest BCUT2D eigenvalue weighted by Crippen LogP contribution is -2.19. The number of aromatic nitrogens is 2. The van der Waals surface area contributed by atoms with Gasteiger partial charge in [-0.3, -0.25) is 4.79 Å². The van der Waals surface area contributed by atoms with Crippen molar-refractivity contribution in [1.29, 1.82) is 0 Å². The van der Waals surface area contributed by atoms with E-state index < -0.39 is 0 Å². The van der Waals surface area contributed by atoms with Gasteiger partial charge in [0.15, 0.2) is 5.78 Å². The Morgan fingerprint density at radius 1 is 1.20 bits per heavy atom. The summed E-state index contributed by atoms with van der Waals surface area (Å²) >= 11 is 0. The zero-order valence-electron chi connectivity index (χ0n) is 12.8. The van der Waals surface area contributed by atoms with Crippen molar-refractivity contribution in [3.05, 3.63) is 53.1 Å². The number of carbonyl (C=O) groups is 1. The van der Waals surface area contributed by atoms with Gasteiger partial charge < -0.3 is 4.57 Å². The molecule has 1 unspecified atom stereocenters. The van der Waals surface area contributed by atoms with Gasteiger partial charge in [0.1, 0.15) is 5.82 Å². The van der Waals surface area contributed by atoms with E-state index in [1.807, 2.05) is 49.7 Å². The third kappa shape index (κ3) is 2.67. The molecule has 0 saturated heterocycles. The molecule has 20 heavy (non-hydrogen) atoms. The van der Waals surface area contributed by atoms with E-state index >= 15 is 0 Å². The maximum Gasteiger partial charge on any atom is 0.185 e. The highest BCUT2D eigenvalue weighted by atomic mass is 16.1. The Kier molecular flexibility index (Phi) is 4.07. The van der Waals surface area contributed by atoms with Crippen molar-refractivity contribution >= 4 is 5.78 Å².